The molecule has 0 radical (unpaired) electrons. The summed E-state index contributed by atoms with van der Waals surface area (Å²) in [6.07, 6.45) is 3.86. The summed E-state index contributed by atoms with van der Waals surface area (Å²) in [4.78, 5) is 12.2. The van der Waals surface area contributed by atoms with Gasteiger partial charge in [-0.15, -0.1) is 0 Å². The van der Waals surface area contributed by atoms with Crippen molar-refractivity contribution in [2.24, 2.45) is 17.8 Å². The van der Waals surface area contributed by atoms with E-state index in [-0.39, 0.29) is 24.0 Å². The third-order valence-corrected chi connectivity index (χ3v) is 4.40. The average Bonchev–Trinajstić information content (AvgIpc) is 2.96. The lowest BCUT2D eigenvalue weighted by Gasteiger charge is -2.07. The lowest BCUT2D eigenvalue weighted by molar-refractivity contribution is -0.118. The van der Waals surface area contributed by atoms with Crippen molar-refractivity contribution in [3.05, 3.63) is 29.6 Å². The number of anilines is 1. The van der Waals surface area contributed by atoms with E-state index in [0.717, 1.165) is 12.8 Å². The molecule has 1 amide bonds. The van der Waals surface area contributed by atoms with Gasteiger partial charge in [0.05, 0.1) is 12.2 Å². The number of aliphatic hydroxyl groups excluding tert-OH is 1. The van der Waals surface area contributed by atoms with E-state index >= 15 is 0 Å². The number of halogens is 1. The molecule has 0 spiro atoms. The third-order valence-electron chi connectivity index (χ3n) is 4.40. The molecule has 21 heavy (non-hydrogen) atoms. The highest BCUT2D eigenvalue weighted by Gasteiger charge is 2.56. The fraction of sp³-hybridized carbons (Fsp3) is 0.471. The second-order valence-electron chi connectivity index (χ2n) is 5.74. The highest BCUT2D eigenvalue weighted by molar-refractivity contribution is 5.95. The number of rotatable bonds is 3. The molecule has 3 rings (SSSR count). The fourth-order valence-electron chi connectivity index (χ4n) is 3.35. The van der Waals surface area contributed by atoms with E-state index in [4.69, 9.17) is 5.11 Å². The Morgan fingerprint density at radius 3 is 2.86 bits per heavy atom. The van der Waals surface area contributed by atoms with E-state index in [0.29, 0.717) is 23.9 Å². The van der Waals surface area contributed by atoms with Crippen LogP contribution in [0, 0.1) is 35.4 Å². The van der Waals surface area contributed by atoms with Gasteiger partial charge in [0.2, 0.25) is 5.91 Å². The van der Waals surface area contributed by atoms with Crippen LogP contribution in [0.5, 0.6) is 0 Å². The Kier molecular flexibility index (Phi) is 3.94. The van der Waals surface area contributed by atoms with Gasteiger partial charge in [-0.25, -0.2) is 4.39 Å². The van der Waals surface area contributed by atoms with Gasteiger partial charge < -0.3 is 10.4 Å². The first kappa shape index (κ1) is 14.1. The van der Waals surface area contributed by atoms with Crippen molar-refractivity contribution >= 4 is 11.6 Å². The van der Waals surface area contributed by atoms with Gasteiger partial charge in [0.1, 0.15) is 5.82 Å². The summed E-state index contributed by atoms with van der Waals surface area (Å²) in [7, 11) is 0. The molecule has 2 fully saturated rings. The predicted molar refractivity (Wildman–Crippen MR) is 77.9 cm³/mol. The number of fused-ring (bicyclic) bond motifs is 1. The van der Waals surface area contributed by atoms with Crippen LogP contribution in [0.25, 0.3) is 0 Å². The Labute approximate surface area is 123 Å². The number of hydrogen-bond donors (Lipinski definition) is 2. The maximum atomic E-state index is 13.6. The number of carbonyl (C=O) groups excluding carboxylic acids is 1. The Bertz CT molecular complexity index is 607. The topological polar surface area (TPSA) is 49.3 Å². The van der Waals surface area contributed by atoms with Gasteiger partial charge in [-0.05, 0) is 42.9 Å². The lowest BCUT2D eigenvalue weighted by Crippen LogP contribution is -2.16. The van der Waals surface area contributed by atoms with Crippen molar-refractivity contribution in [2.75, 3.05) is 11.9 Å². The molecule has 3 nitrogen and oxygen atoms in total. The molecule has 2 aliphatic carbocycles. The van der Waals surface area contributed by atoms with Gasteiger partial charge >= 0.3 is 0 Å². The standard InChI is InChI=1S/C17H18FNO2/c18-15-8-7-12(10-11(15)4-1-2-9-20)19-17(21)16-13-5-3-6-14(13)16/h7-8,10,13-14,16,20H,2-3,5-6,9H2,(H,19,21). The molecule has 2 N–H and O–H groups in total. The number of aliphatic hydroxyl groups is 1. The minimum absolute atomic E-state index is 0.0461. The summed E-state index contributed by atoms with van der Waals surface area (Å²) in [6, 6.07) is 4.42. The summed E-state index contributed by atoms with van der Waals surface area (Å²) in [5, 5.41) is 11.5. The molecule has 0 aromatic heterocycles. The van der Waals surface area contributed by atoms with Gasteiger partial charge in [0.25, 0.3) is 0 Å². The van der Waals surface area contributed by atoms with Crippen LogP contribution in [0.2, 0.25) is 0 Å². The largest absolute Gasteiger partial charge is 0.395 e. The van der Waals surface area contributed by atoms with E-state index < -0.39 is 5.82 Å². The molecule has 0 aliphatic heterocycles. The van der Waals surface area contributed by atoms with E-state index in [1.807, 2.05) is 0 Å². The van der Waals surface area contributed by atoms with Crippen LogP contribution in [0.15, 0.2) is 18.2 Å². The first-order valence-electron chi connectivity index (χ1n) is 7.41. The highest BCUT2D eigenvalue weighted by Crippen LogP contribution is 2.57. The molecule has 0 saturated heterocycles. The maximum absolute atomic E-state index is 13.6. The number of amides is 1. The molecule has 1 aromatic carbocycles. The molecular weight excluding hydrogens is 269 g/mol. The average molecular weight is 287 g/mol. The maximum Gasteiger partial charge on any atom is 0.228 e. The SMILES string of the molecule is O=C(Nc1ccc(F)c(C#CCCO)c1)C1C2CCCC21. The van der Waals surface area contributed by atoms with Crippen LogP contribution in [0.4, 0.5) is 10.1 Å². The zero-order valence-corrected chi connectivity index (χ0v) is 11.7. The molecule has 4 heteroatoms. The zero-order chi connectivity index (χ0) is 14.8. The van der Waals surface area contributed by atoms with Crippen molar-refractivity contribution in [1.82, 2.24) is 0 Å². The van der Waals surface area contributed by atoms with Crippen molar-refractivity contribution in [3.63, 3.8) is 0 Å². The molecule has 2 saturated carbocycles. The molecular formula is C17H18FNO2. The minimum Gasteiger partial charge on any atom is -0.395 e. The monoisotopic (exact) mass is 287 g/mol. The summed E-state index contributed by atoms with van der Waals surface area (Å²) in [5.41, 5.74) is 0.830. The van der Waals surface area contributed by atoms with Gasteiger partial charge in [0, 0.05) is 18.0 Å². The van der Waals surface area contributed by atoms with Crippen LogP contribution in [-0.4, -0.2) is 17.6 Å². The molecule has 2 atom stereocenters. The Hall–Kier alpha value is -1.86. The number of carbonyl (C=O) groups is 1. The molecule has 1 aromatic rings. The number of benzene rings is 1. The number of hydrogen-bond acceptors (Lipinski definition) is 2. The van der Waals surface area contributed by atoms with Crippen LogP contribution in [-0.2, 0) is 4.79 Å². The predicted octanol–water partition coefficient (Wildman–Crippen LogP) is 2.54. The lowest BCUT2D eigenvalue weighted by atomic mass is 10.1. The molecule has 0 bridgehead atoms. The van der Waals surface area contributed by atoms with Gasteiger partial charge in [0.15, 0.2) is 0 Å². The summed E-state index contributed by atoms with van der Waals surface area (Å²) in [5.74, 6) is 6.27. The Balaban J connectivity index is 1.67. The van der Waals surface area contributed by atoms with E-state index in [1.54, 1.807) is 12.1 Å². The van der Waals surface area contributed by atoms with Crippen LogP contribution in [0.1, 0.15) is 31.2 Å². The van der Waals surface area contributed by atoms with Crippen LogP contribution < -0.4 is 5.32 Å². The number of nitrogens with one attached hydrogen (secondary N) is 1. The summed E-state index contributed by atoms with van der Waals surface area (Å²) in [6.45, 7) is -0.0461. The molecule has 0 heterocycles. The zero-order valence-electron chi connectivity index (χ0n) is 11.7. The Morgan fingerprint density at radius 1 is 1.38 bits per heavy atom. The summed E-state index contributed by atoms with van der Waals surface area (Å²) < 4.78 is 13.6. The quantitative estimate of drug-likeness (QED) is 0.839. The van der Waals surface area contributed by atoms with E-state index in [1.165, 1.54) is 12.5 Å². The highest BCUT2D eigenvalue weighted by atomic mass is 19.1. The molecule has 2 aliphatic rings. The summed E-state index contributed by atoms with van der Waals surface area (Å²) >= 11 is 0. The third kappa shape index (κ3) is 2.93. The molecule has 110 valence electrons. The first-order valence-corrected chi connectivity index (χ1v) is 7.41. The van der Waals surface area contributed by atoms with Crippen molar-refractivity contribution in [2.45, 2.75) is 25.7 Å². The van der Waals surface area contributed by atoms with Gasteiger partial charge in [-0.3, -0.25) is 4.79 Å². The second-order valence-corrected chi connectivity index (χ2v) is 5.74. The van der Waals surface area contributed by atoms with Crippen LogP contribution in [0.3, 0.4) is 0 Å². The fourth-order valence-corrected chi connectivity index (χ4v) is 3.35. The second kappa shape index (κ2) is 5.87. The van der Waals surface area contributed by atoms with Crippen molar-refractivity contribution < 1.29 is 14.3 Å². The molecule has 2 unspecified atom stereocenters. The van der Waals surface area contributed by atoms with Crippen molar-refractivity contribution in [1.29, 1.82) is 0 Å². The Morgan fingerprint density at radius 2 is 2.14 bits per heavy atom. The van der Waals surface area contributed by atoms with Crippen LogP contribution >= 0.6 is 0 Å². The van der Waals surface area contributed by atoms with Gasteiger partial charge in [-0.2, -0.15) is 0 Å². The van der Waals surface area contributed by atoms with Crippen molar-refractivity contribution in [3.8, 4) is 11.8 Å². The normalized spacial score (nSPS) is 25.7. The van der Waals surface area contributed by atoms with E-state index in [9.17, 15) is 9.18 Å². The van der Waals surface area contributed by atoms with Gasteiger partial charge in [-0.1, -0.05) is 18.3 Å². The smallest absolute Gasteiger partial charge is 0.228 e. The first-order chi connectivity index (χ1) is 10.2. The van der Waals surface area contributed by atoms with E-state index in [2.05, 4.69) is 17.2 Å². The minimum atomic E-state index is -0.415.